The van der Waals surface area contributed by atoms with E-state index in [1.165, 1.54) is 0 Å². The van der Waals surface area contributed by atoms with Crippen LogP contribution in [0.25, 0.3) is 0 Å². The molecule has 0 aromatic heterocycles. The van der Waals surface area contributed by atoms with Gasteiger partial charge in [-0.15, -0.1) is 0 Å². The molecule has 0 saturated carbocycles. The van der Waals surface area contributed by atoms with Crippen LogP contribution in [-0.2, 0) is 9.53 Å². The Kier molecular flexibility index (Phi) is 5.22. The molecule has 0 unspecified atom stereocenters. The Morgan fingerprint density at radius 3 is 2.60 bits per heavy atom. The van der Waals surface area contributed by atoms with Crippen LogP contribution in [0.15, 0.2) is 0 Å². The number of Topliss-reactive ketones (excluding diaryl/α,β-unsaturated/α-hetero) is 1. The van der Waals surface area contributed by atoms with Crippen LogP contribution in [0.4, 0.5) is 0 Å². The summed E-state index contributed by atoms with van der Waals surface area (Å²) in [6.45, 7) is 6.24. The van der Waals surface area contributed by atoms with Crippen molar-refractivity contribution in [2.24, 2.45) is 0 Å². The van der Waals surface area contributed by atoms with Crippen LogP contribution in [0.3, 0.4) is 0 Å². The molecular formula is C8H16O2. The summed E-state index contributed by atoms with van der Waals surface area (Å²) in [5, 5.41) is 0. The monoisotopic (exact) mass is 144 g/mol. The van der Waals surface area contributed by atoms with Gasteiger partial charge in [-0.25, -0.2) is 0 Å². The maximum atomic E-state index is 10.4. The lowest BCUT2D eigenvalue weighted by Crippen LogP contribution is -2.09. The molecule has 60 valence electrons. The molecule has 0 rings (SSSR count). The predicted octanol–water partition coefficient (Wildman–Crippen LogP) is 1.78. The van der Waals surface area contributed by atoms with Crippen LogP contribution >= 0.6 is 0 Å². The fourth-order valence-electron chi connectivity index (χ4n) is 0.522. The minimum atomic E-state index is 0.198. The Morgan fingerprint density at radius 1 is 1.60 bits per heavy atom. The van der Waals surface area contributed by atoms with Gasteiger partial charge in [0.1, 0.15) is 5.78 Å². The molecule has 0 aliphatic heterocycles. The van der Waals surface area contributed by atoms with Crippen LogP contribution < -0.4 is 0 Å². The van der Waals surface area contributed by atoms with Gasteiger partial charge in [-0.3, -0.25) is 4.79 Å². The van der Waals surface area contributed by atoms with E-state index in [0.717, 1.165) is 6.42 Å². The van der Waals surface area contributed by atoms with E-state index in [1.54, 1.807) is 6.92 Å². The zero-order valence-electron chi connectivity index (χ0n) is 7.02. The van der Waals surface area contributed by atoms with Crippen molar-refractivity contribution >= 4 is 5.78 Å². The molecule has 1 atom stereocenters. The first-order valence-electron chi connectivity index (χ1n) is 3.77. The van der Waals surface area contributed by atoms with E-state index >= 15 is 0 Å². The van der Waals surface area contributed by atoms with E-state index in [9.17, 15) is 4.79 Å². The van der Waals surface area contributed by atoms with Gasteiger partial charge in [0.05, 0.1) is 12.7 Å². The average molecular weight is 144 g/mol. The summed E-state index contributed by atoms with van der Waals surface area (Å²) in [7, 11) is 0. The van der Waals surface area contributed by atoms with E-state index in [2.05, 4.69) is 6.92 Å². The lowest BCUT2D eigenvalue weighted by atomic mass is 10.3. The lowest BCUT2D eigenvalue weighted by Gasteiger charge is -2.08. The van der Waals surface area contributed by atoms with Crippen molar-refractivity contribution in [2.45, 2.75) is 39.7 Å². The van der Waals surface area contributed by atoms with Crippen molar-refractivity contribution in [3.8, 4) is 0 Å². The summed E-state index contributed by atoms with van der Waals surface area (Å²) < 4.78 is 5.28. The number of ketones is 1. The van der Waals surface area contributed by atoms with Crippen LogP contribution in [0.2, 0.25) is 0 Å². The molecule has 0 bridgehead atoms. The number of hydrogen-bond donors (Lipinski definition) is 0. The quantitative estimate of drug-likeness (QED) is 0.588. The number of carbonyl (C=O) groups is 1. The zero-order chi connectivity index (χ0) is 7.98. The molecule has 10 heavy (non-hydrogen) atoms. The Morgan fingerprint density at radius 2 is 2.20 bits per heavy atom. The van der Waals surface area contributed by atoms with Crippen molar-refractivity contribution in [1.29, 1.82) is 0 Å². The first-order chi connectivity index (χ1) is 4.66. The standard InChI is InChI=1S/C8H16O2/c1-4-8(3)10-6-5-7(2)9/h8H,4-6H2,1-3H3/t8-/m1/s1. The highest BCUT2D eigenvalue weighted by molar-refractivity contribution is 5.75. The molecular weight excluding hydrogens is 128 g/mol. The normalized spacial score (nSPS) is 13.1. The summed E-state index contributed by atoms with van der Waals surface area (Å²) >= 11 is 0. The van der Waals surface area contributed by atoms with E-state index < -0.39 is 0 Å². The molecule has 0 aromatic rings. The maximum absolute atomic E-state index is 10.4. The van der Waals surface area contributed by atoms with Gasteiger partial charge in [-0.05, 0) is 20.3 Å². The van der Waals surface area contributed by atoms with Gasteiger partial charge in [0.15, 0.2) is 0 Å². The predicted molar refractivity (Wildman–Crippen MR) is 41.0 cm³/mol. The van der Waals surface area contributed by atoms with E-state index in [4.69, 9.17) is 4.74 Å². The van der Waals surface area contributed by atoms with Gasteiger partial charge < -0.3 is 4.74 Å². The zero-order valence-corrected chi connectivity index (χ0v) is 7.02. The van der Waals surface area contributed by atoms with E-state index in [-0.39, 0.29) is 5.78 Å². The summed E-state index contributed by atoms with van der Waals surface area (Å²) in [5.74, 6) is 0.198. The third-order valence-corrected chi connectivity index (χ3v) is 1.43. The Hall–Kier alpha value is -0.370. The topological polar surface area (TPSA) is 26.3 Å². The van der Waals surface area contributed by atoms with Gasteiger partial charge in [0.25, 0.3) is 0 Å². The molecule has 0 saturated heterocycles. The fourth-order valence-corrected chi connectivity index (χ4v) is 0.522. The number of rotatable bonds is 5. The molecule has 0 amide bonds. The summed E-state index contributed by atoms with van der Waals surface area (Å²) in [6, 6.07) is 0. The van der Waals surface area contributed by atoms with Crippen molar-refractivity contribution in [2.75, 3.05) is 6.61 Å². The first-order valence-corrected chi connectivity index (χ1v) is 3.77. The maximum Gasteiger partial charge on any atom is 0.132 e. The summed E-state index contributed by atoms with van der Waals surface area (Å²) in [6.07, 6.45) is 1.85. The number of ether oxygens (including phenoxy) is 1. The van der Waals surface area contributed by atoms with Crippen molar-refractivity contribution in [3.05, 3.63) is 0 Å². The van der Waals surface area contributed by atoms with Crippen LogP contribution in [0.1, 0.15) is 33.6 Å². The number of carbonyl (C=O) groups excluding carboxylic acids is 1. The fraction of sp³-hybridized carbons (Fsp3) is 0.875. The molecule has 0 aromatic carbocycles. The summed E-state index contributed by atoms with van der Waals surface area (Å²) in [5.41, 5.74) is 0. The van der Waals surface area contributed by atoms with Crippen molar-refractivity contribution < 1.29 is 9.53 Å². The third kappa shape index (κ3) is 5.76. The smallest absolute Gasteiger partial charge is 0.132 e. The van der Waals surface area contributed by atoms with Gasteiger partial charge in [0, 0.05) is 6.42 Å². The second-order valence-corrected chi connectivity index (χ2v) is 2.54. The lowest BCUT2D eigenvalue weighted by molar-refractivity contribution is -0.118. The average Bonchev–Trinajstić information content (AvgIpc) is 1.87. The van der Waals surface area contributed by atoms with Crippen molar-refractivity contribution in [1.82, 2.24) is 0 Å². The molecule has 0 radical (unpaired) electrons. The highest BCUT2D eigenvalue weighted by Crippen LogP contribution is 1.96. The molecule has 2 heteroatoms. The molecule has 2 nitrogen and oxygen atoms in total. The Bertz CT molecular complexity index is 99.4. The van der Waals surface area contributed by atoms with Crippen LogP contribution in [-0.4, -0.2) is 18.5 Å². The highest BCUT2D eigenvalue weighted by Gasteiger charge is 1.98. The Balaban J connectivity index is 3.11. The molecule has 0 aliphatic carbocycles. The van der Waals surface area contributed by atoms with Crippen LogP contribution in [0, 0.1) is 0 Å². The summed E-state index contributed by atoms with van der Waals surface area (Å²) in [4.78, 5) is 10.4. The van der Waals surface area contributed by atoms with E-state index in [1.807, 2.05) is 6.92 Å². The SMILES string of the molecule is CC[C@@H](C)OCCC(C)=O. The van der Waals surface area contributed by atoms with E-state index in [0.29, 0.717) is 19.1 Å². The molecule has 0 fully saturated rings. The largest absolute Gasteiger partial charge is 0.378 e. The molecule has 0 heterocycles. The van der Waals surface area contributed by atoms with Gasteiger partial charge in [-0.1, -0.05) is 6.92 Å². The molecule has 0 N–H and O–H groups in total. The number of hydrogen-bond acceptors (Lipinski definition) is 2. The third-order valence-electron chi connectivity index (χ3n) is 1.43. The minimum absolute atomic E-state index is 0.198. The van der Waals surface area contributed by atoms with Gasteiger partial charge in [-0.2, -0.15) is 0 Å². The van der Waals surface area contributed by atoms with Crippen molar-refractivity contribution in [3.63, 3.8) is 0 Å². The Labute approximate surface area is 62.6 Å². The van der Waals surface area contributed by atoms with Crippen LogP contribution in [0.5, 0.6) is 0 Å². The minimum Gasteiger partial charge on any atom is -0.378 e. The second kappa shape index (κ2) is 5.42. The second-order valence-electron chi connectivity index (χ2n) is 2.54. The molecule has 0 aliphatic rings. The van der Waals surface area contributed by atoms with Gasteiger partial charge in [0.2, 0.25) is 0 Å². The molecule has 0 spiro atoms. The first kappa shape index (κ1) is 9.63. The van der Waals surface area contributed by atoms with Gasteiger partial charge >= 0.3 is 0 Å². The highest BCUT2D eigenvalue weighted by atomic mass is 16.5.